The van der Waals surface area contributed by atoms with E-state index in [2.05, 4.69) is 10.4 Å². The van der Waals surface area contributed by atoms with Crippen molar-refractivity contribution >= 4 is 32.4 Å². The van der Waals surface area contributed by atoms with Crippen LogP contribution in [-0.2, 0) is 17.1 Å². The minimum atomic E-state index is -3.69. The highest BCUT2D eigenvalue weighted by Gasteiger charge is 2.24. The zero-order valence-electron chi connectivity index (χ0n) is 18.3. The standard InChI is InChI=1S/C22H26N4O4S/c1-6-26(7-2)31(29,30)16-12-14(3)15(4)19(13-16)23-21(27)20-17-10-8-9-11-18(17)22(28)25(5)24-20/h8-13H,6-7H2,1-5H3,(H,23,27). The lowest BCUT2D eigenvalue weighted by Gasteiger charge is -2.20. The van der Waals surface area contributed by atoms with Gasteiger partial charge in [-0.3, -0.25) is 9.59 Å². The molecule has 0 atom stereocenters. The van der Waals surface area contributed by atoms with Crippen LogP contribution in [0.15, 0.2) is 46.1 Å². The van der Waals surface area contributed by atoms with Crippen LogP contribution in [0.4, 0.5) is 5.69 Å². The Kier molecular flexibility index (Phi) is 6.28. The van der Waals surface area contributed by atoms with Gasteiger partial charge < -0.3 is 5.32 Å². The average molecular weight is 443 g/mol. The summed E-state index contributed by atoms with van der Waals surface area (Å²) >= 11 is 0. The Morgan fingerprint density at radius 3 is 2.32 bits per heavy atom. The minimum Gasteiger partial charge on any atom is -0.320 e. The fourth-order valence-corrected chi connectivity index (χ4v) is 5.04. The summed E-state index contributed by atoms with van der Waals surface area (Å²) in [6.07, 6.45) is 0. The molecule has 9 heteroatoms. The molecule has 3 aromatic rings. The molecule has 1 amide bonds. The largest absolute Gasteiger partial charge is 0.320 e. The Bertz CT molecular complexity index is 1330. The van der Waals surface area contributed by atoms with Gasteiger partial charge in [0.15, 0.2) is 5.69 Å². The van der Waals surface area contributed by atoms with Gasteiger partial charge in [0.25, 0.3) is 11.5 Å². The van der Waals surface area contributed by atoms with Gasteiger partial charge in [-0.05, 0) is 43.2 Å². The Morgan fingerprint density at radius 2 is 1.71 bits per heavy atom. The molecule has 31 heavy (non-hydrogen) atoms. The monoisotopic (exact) mass is 442 g/mol. The number of sulfonamides is 1. The maximum absolute atomic E-state index is 13.1. The molecule has 0 saturated heterocycles. The molecule has 8 nitrogen and oxygen atoms in total. The van der Waals surface area contributed by atoms with Crippen molar-refractivity contribution < 1.29 is 13.2 Å². The van der Waals surface area contributed by atoms with E-state index in [0.29, 0.717) is 29.5 Å². The number of aryl methyl sites for hydroxylation is 2. The van der Waals surface area contributed by atoms with E-state index in [-0.39, 0.29) is 16.1 Å². The maximum atomic E-state index is 13.1. The molecule has 0 saturated carbocycles. The number of anilines is 1. The molecule has 0 spiro atoms. The smallest absolute Gasteiger partial charge is 0.276 e. The second-order valence-corrected chi connectivity index (χ2v) is 9.22. The van der Waals surface area contributed by atoms with Gasteiger partial charge in [0.2, 0.25) is 10.0 Å². The molecule has 0 aliphatic heterocycles. The first-order valence-electron chi connectivity index (χ1n) is 10.0. The maximum Gasteiger partial charge on any atom is 0.276 e. The topological polar surface area (TPSA) is 101 Å². The van der Waals surface area contributed by atoms with Crippen LogP contribution in [0.25, 0.3) is 10.8 Å². The first-order chi connectivity index (χ1) is 14.6. The van der Waals surface area contributed by atoms with Crippen molar-refractivity contribution in [3.63, 3.8) is 0 Å². The van der Waals surface area contributed by atoms with E-state index in [4.69, 9.17) is 0 Å². The molecule has 164 valence electrons. The summed E-state index contributed by atoms with van der Waals surface area (Å²) in [5.41, 5.74) is 1.66. The fraction of sp³-hybridized carbons (Fsp3) is 0.318. The molecule has 0 unspecified atom stereocenters. The zero-order chi connectivity index (χ0) is 22.9. The van der Waals surface area contributed by atoms with Crippen LogP contribution in [0.5, 0.6) is 0 Å². The van der Waals surface area contributed by atoms with Gasteiger partial charge >= 0.3 is 0 Å². The normalized spacial score (nSPS) is 11.8. The summed E-state index contributed by atoms with van der Waals surface area (Å²) in [5.74, 6) is -0.522. The van der Waals surface area contributed by atoms with E-state index >= 15 is 0 Å². The first-order valence-corrected chi connectivity index (χ1v) is 11.4. The predicted molar refractivity (Wildman–Crippen MR) is 121 cm³/mol. The van der Waals surface area contributed by atoms with Crippen molar-refractivity contribution in [2.75, 3.05) is 18.4 Å². The average Bonchev–Trinajstić information content (AvgIpc) is 2.74. The SMILES string of the molecule is CCN(CC)S(=O)(=O)c1cc(C)c(C)c(NC(=O)c2nn(C)c(=O)c3ccccc23)c1. The summed E-state index contributed by atoms with van der Waals surface area (Å²) in [6, 6.07) is 9.84. The molecule has 1 heterocycles. The lowest BCUT2D eigenvalue weighted by Crippen LogP contribution is -2.31. The summed E-state index contributed by atoms with van der Waals surface area (Å²) in [7, 11) is -2.21. The number of aromatic nitrogens is 2. The molecule has 0 aliphatic carbocycles. The van der Waals surface area contributed by atoms with Crippen molar-refractivity contribution in [1.29, 1.82) is 0 Å². The Hall–Kier alpha value is -3.04. The number of nitrogens with one attached hydrogen (secondary N) is 1. The third-order valence-corrected chi connectivity index (χ3v) is 7.43. The quantitative estimate of drug-likeness (QED) is 0.633. The van der Waals surface area contributed by atoms with Crippen molar-refractivity contribution in [2.24, 2.45) is 7.05 Å². The van der Waals surface area contributed by atoms with Gasteiger partial charge in [0.05, 0.1) is 10.3 Å². The van der Waals surface area contributed by atoms with Crippen molar-refractivity contribution in [1.82, 2.24) is 14.1 Å². The van der Waals surface area contributed by atoms with E-state index in [9.17, 15) is 18.0 Å². The van der Waals surface area contributed by atoms with E-state index < -0.39 is 15.9 Å². The van der Waals surface area contributed by atoms with Gasteiger partial charge in [0.1, 0.15) is 0 Å². The molecular weight excluding hydrogens is 416 g/mol. The molecule has 3 rings (SSSR count). The highest BCUT2D eigenvalue weighted by atomic mass is 32.2. The first kappa shape index (κ1) is 22.6. The molecule has 0 radical (unpaired) electrons. The second kappa shape index (κ2) is 8.60. The third kappa shape index (κ3) is 4.11. The van der Waals surface area contributed by atoms with Crippen molar-refractivity contribution in [2.45, 2.75) is 32.6 Å². The van der Waals surface area contributed by atoms with Gasteiger partial charge in [-0.2, -0.15) is 9.40 Å². The molecule has 1 aromatic heterocycles. The lowest BCUT2D eigenvalue weighted by atomic mass is 10.1. The molecule has 0 bridgehead atoms. The number of hydrogen-bond acceptors (Lipinski definition) is 5. The Balaban J connectivity index is 2.09. The van der Waals surface area contributed by atoms with Crippen LogP contribution in [0.3, 0.4) is 0 Å². The summed E-state index contributed by atoms with van der Waals surface area (Å²) in [5, 5.41) is 7.75. The highest BCUT2D eigenvalue weighted by molar-refractivity contribution is 7.89. The van der Waals surface area contributed by atoms with Gasteiger partial charge in [0, 0.05) is 31.2 Å². The number of nitrogens with zero attached hydrogens (tertiary/aromatic N) is 3. The molecule has 0 aliphatic rings. The Morgan fingerprint density at radius 1 is 1.10 bits per heavy atom. The number of hydrogen-bond donors (Lipinski definition) is 1. The lowest BCUT2D eigenvalue weighted by molar-refractivity contribution is 0.102. The fourth-order valence-electron chi connectivity index (χ4n) is 3.47. The van der Waals surface area contributed by atoms with Gasteiger partial charge in [-0.1, -0.05) is 32.0 Å². The van der Waals surface area contributed by atoms with E-state index in [1.165, 1.54) is 17.4 Å². The zero-order valence-corrected chi connectivity index (χ0v) is 19.1. The molecule has 0 fully saturated rings. The number of carbonyl (C=O) groups excluding carboxylic acids is 1. The number of rotatable bonds is 6. The second-order valence-electron chi connectivity index (χ2n) is 7.28. The van der Waals surface area contributed by atoms with Gasteiger partial charge in [-0.25, -0.2) is 13.1 Å². The van der Waals surface area contributed by atoms with E-state index in [0.717, 1.165) is 15.8 Å². The van der Waals surface area contributed by atoms with E-state index in [1.54, 1.807) is 51.1 Å². The summed E-state index contributed by atoms with van der Waals surface area (Å²) in [4.78, 5) is 25.6. The number of amides is 1. The molecule has 1 N–H and O–H groups in total. The molecular formula is C22H26N4O4S. The molecule has 2 aromatic carbocycles. The van der Waals surface area contributed by atoms with Crippen LogP contribution in [0.2, 0.25) is 0 Å². The van der Waals surface area contributed by atoms with Crippen LogP contribution in [0, 0.1) is 13.8 Å². The predicted octanol–water partition coefficient (Wildman–Crippen LogP) is 2.83. The minimum absolute atomic E-state index is 0.0896. The Labute approximate surface area is 181 Å². The third-order valence-electron chi connectivity index (χ3n) is 5.40. The number of fused-ring (bicyclic) bond motifs is 1. The van der Waals surface area contributed by atoms with Crippen molar-refractivity contribution in [3.05, 3.63) is 63.6 Å². The van der Waals surface area contributed by atoms with Crippen LogP contribution in [0.1, 0.15) is 35.5 Å². The highest BCUT2D eigenvalue weighted by Crippen LogP contribution is 2.27. The number of benzene rings is 2. The van der Waals surface area contributed by atoms with Crippen LogP contribution in [-0.4, -0.2) is 41.5 Å². The van der Waals surface area contributed by atoms with E-state index in [1.807, 2.05) is 6.92 Å². The summed E-state index contributed by atoms with van der Waals surface area (Å²) < 4.78 is 28.5. The van der Waals surface area contributed by atoms with Crippen LogP contribution >= 0.6 is 0 Å². The summed E-state index contributed by atoms with van der Waals surface area (Å²) in [6.45, 7) is 7.86. The number of carbonyl (C=O) groups is 1. The van der Waals surface area contributed by atoms with Crippen molar-refractivity contribution in [3.8, 4) is 0 Å². The van der Waals surface area contributed by atoms with Crippen LogP contribution < -0.4 is 10.9 Å². The van der Waals surface area contributed by atoms with Gasteiger partial charge in [-0.15, -0.1) is 0 Å².